The molecule has 0 spiro atoms. The fourth-order valence-corrected chi connectivity index (χ4v) is 8.64. The normalized spacial score (nSPS) is 33.7. The Hall–Kier alpha value is -3.16. The summed E-state index contributed by atoms with van der Waals surface area (Å²) in [5.74, 6) is 0.353. The zero-order valence-corrected chi connectivity index (χ0v) is 21.0. The molecule has 2 atom stereocenters. The van der Waals surface area contributed by atoms with E-state index in [2.05, 4.69) is 5.10 Å². The van der Waals surface area contributed by atoms with Gasteiger partial charge in [-0.2, -0.15) is 13.2 Å². The van der Waals surface area contributed by atoms with Gasteiger partial charge in [0.2, 0.25) is 5.72 Å². The van der Waals surface area contributed by atoms with E-state index in [0.717, 1.165) is 24.8 Å². The first-order valence-corrected chi connectivity index (χ1v) is 13.6. The minimum atomic E-state index is -5.14. The Kier molecular flexibility index (Phi) is 5.30. The van der Waals surface area contributed by atoms with Crippen LogP contribution >= 0.6 is 0 Å². The molecule has 5 nitrogen and oxygen atoms in total. The number of ether oxygens (including phenoxy) is 1. The van der Waals surface area contributed by atoms with Crippen LogP contribution in [-0.2, 0) is 27.1 Å². The summed E-state index contributed by atoms with van der Waals surface area (Å²) in [4.78, 5) is 12.8. The van der Waals surface area contributed by atoms with Gasteiger partial charge in [-0.15, -0.1) is 10.2 Å². The standard InChI is InChI=1S/C30H30F3N3O2/c31-30(32,33)27(37)38-29(23-9-5-2-6-10-23)24(22-7-3-1-4-8-22)11-12-25-34-35-26(36(25)29)28-16-19-13-20(17-28)15-21(14-19)18-28/h1-10,19-21,24H,11-18H2. The van der Waals surface area contributed by atoms with Gasteiger partial charge in [-0.1, -0.05) is 60.7 Å². The summed E-state index contributed by atoms with van der Waals surface area (Å²) in [5.41, 5.74) is -0.700. The second kappa shape index (κ2) is 8.42. The summed E-state index contributed by atoms with van der Waals surface area (Å²) in [6.07, 6.45) is 2.43. The molecule has 38 heavy (non-hydrogen) atoms. The Balaban J connectivity index is 1.49. The molecule has 2 aromatic carbocycles. The number of esters is 1. The maximum absolute atomic E-state index is 13.9. The molecule has 4 saturated carbocycles. The second-order valence-electron chi connectivity index (χ2n) is 11.9. The molecule has 4 aliphatic carbocycles. The molecule has 1 aromatic heterocycles. The van der Waals surface area contributed by atoms with E-state index in [-0.39, 0.29) is 5.41 Å². The minimum Gasteiger partial charge on any atom is -0.427 e. The summed E-state index contributed by atoms with van der Waals surface area (Å²) in [7, 11) is 0. The monoisotopic (exact) mass is 521 g/mol. The molecule has 1 aliphatic heterocycles. The van der Waals surface area contributed by atoms with E-state index in [0.29, 0.717) is 47.8 Å². The molecule has 0 N–H and O–H groups in total. The molecule has 0 amide bonds. The number of aromatic nitrogens is 3. The molecule has 8 heteroatoms. The Morgan fingerprint density at radius 3 is 2.03 bits per heavy atom. The number of carbonyl (C=O) groups is 1. The number of hydrogen-bond acceptors (Lipinski definition) is 4. The molecule has 2 unspecified atom stereocenters. The van der Waals surface area contributed by atoms with Crippen molar-refractivity contribution in [3.63, 3.8) is 0 Å². The first-order chi connectivity index (χ1) is 18.3. The van der Waals surface area contributed by atoms with Crippen molar-refractivity contribution in [3.05, 3.63) is 83.4 Å². The van der Waals surface area contributed by atoms with Crippen LogP contribution in [0.4, 0.5) is 13.2 Å². The largest absolute Gasteiger partial charge is 0.491 e. The third-order valence-corrected chi connectivity index (χ3v) is 9.57. The highest BCUT2D eigenvalue weighted by Gasteiger charge is 2.60. The summed E-state index contributed by atoms with van der Waals surface area (Å²) in [6.45, 7) is 0. The lowest BCUT2D eigenvalue weighted by molar-refractivity contribution is -0.223. The molecule has 2 heterocycles. The average Bonchev–Trinajstić information content (AvgIpc) is 3.35. The zero-order chi connectivity index (χ0) is 26.1. The van der Waals surface area contributed by atoms with Gasteiger partial charge in [0.25, 0.3) is 0 Å². The van der Waals surface area contributed by atoms with Crippen molar-refractivity contribution in [3.8, 4) is 0 Å². The molecule has 8 rings (SSSR count). The lowest BCUT2D eigenvalue weighted by Gasteiger charge is -2.57. The van der Waals surface area contributed by atoms with Crippen molar-refractivity contribution in [1.29, 1.82) is 0 Å². The van der Waals surface area contributed by atoms with Crippen LogP contribution in [0.15, 0.2) is 60.7 Å². The van der Waals surface area contributed by atoms with Crippen LogP contribution in [-0.4, -0.2) is 26.9 Å². The molecular formula is C30H30F3N3O2. The van der Waals surface area contributed by atoms with Gasteiger partial charge in [-0.25, -0.2) is 4.79 Å². The van der Waals surface area contributed by atoms with Crippen LogP contribution in [0, 0.1) is 17.8 Å². The zero-order valence-electron chi connectivity index (χ0n) is 21.0. The van der Waals surface area contributed by atoms with Crippen LogP contribution in [0.3, 0.4) is 0 Å². The van der Waals surface area contributed by atoms with E-state index in [1.54, 1.807) is 24.3 Å². The molecule has 0 radical (unpaired) electrons. The van der Waals surface area contributed by atoms with Gasteiger partial charge in [0.15, 0.2) is 0 Å². The third kappa shape index (κ3) is 3.55. The van der Waals surface area contributed by atoms with Gasteiger partial charge >= 0.3 is 12.1 Å². The SMILES string of the molecule is O=C(OC1(c2ccccc2)C(c2ccccc2)CCc2nnc(C34CC5CC(CC(C5)C3)C4)n21)C(F)(F)F. The van der Waals surface area contributed by atoms with Gasteiger partial charge in [-0.05, 0) is 68.3 Å². The number of carbonyl (C=O) groups excluding carboxylic acids is 1. The number of alkyl halides is 3. The summed E-state index contributed by atoms with van der Waals surface area (Å²) >= 11 is 0. The van der Waals surface area contributed by atoms with E-state index >= 15 is 0 Å². The Morgan fingerprint density at radius 1 is 0.868 bits per heavy atom. The molecule has 4 fully saturated rings. The number of hydrogen-bond donors (Lipinski definition) is 0. The van der Waals surface area contributed by atoms with Crippen molar-refractivity contribution < 1.29 is 22.7 Å². The van der Waals surface area contributed by atoms with Crippen molar-refractivity contribution in [2.45, 2.75) is 74.6 Å². The third-order valence-electron chi connectivity index (χ3n) is 9.57. The lowest BCUT2D eigenvalue weighted by Crippen LogP contribution is -2.55. The Labute approximate surface area is 219 Å². The van der Waals surface area contributed by atoms with Gasteiger partial charge in [-0.3, -0.25) is 4.57 Å². The minimum absolute atomic E-state index is 0.261. The van der Waals surface area contributed by atoms with Crippen LogP contribution in [0.5, 0.6) is 0 Å². The quantitative estimate of drug-likeness (QED) is 0.379. The van der Waals surface area contributed by atoms with Gasteiger partial charge in [0.1, 0.15) is 11.6 Å². The lowest BCUT2D eigenvalue weighted by atomic mass is 9.49. The number of halogens is 3. The van der Waals surface area contributed by atoms with Crippen molar-refractivity contribution in [2.75, 3.05) is 0 Å². The van der Waals surface area contributed by atoms with Crippen LogP contribution in [0.25, 0.3) is 0 Å². The highest BCUT2D eigenvalue weighted by Crippen LogP contribution is 2.62. The maximum atomic E-state index is 13.9. The second-order valence-corrected chi connectivity index (χ2v) is 11.9. The fourth-order valence-electron chi connectivity index (χ4n) is 8.64. The fraction of sp³-hybridized carbons (Fsp3) is 0.500. The summed E-state index contributed by atoms with van der Waals surface area (Å²) in [6, 6.07) is 18.3. The van der Waals surface area contributed by atoms with Gasteiger partial charge < -0.3 is 4.74 Å². The Bertz CT molecular complexity index is 1320. The molecular weight excluding hydrogens is 491 g/mol. The van der Waals surface area contributed by atoms with E-state index in [1.165, 1.54) is 19.3 Å². The van der Waals surface area contributed by atoms with Gasteiger partial charge in [0, 0.05) is 23.3 Å². The van der Waals surface area contributed by atoms with Crippen LogP contribution in [0.2, 0.25) is 0 Å². The number of nitrogens with zero attached hydrogens (tertiary/aromatic N) is 3. The summed E-state index contributed by atoms with van der Waals surface area (Å²) < 4.78 is 49.4. The first-order valence-electron chi connectivity index (χ1n) is 13.6. The van der Waals surface area contributed by atoms with Crippen molar-refractivity contribution in [2.24, 2.45) is 17.8 Å². The topological polar surface area (TPSA) is 57.0 Å². The van der Waals surface area contributed by atoms with E-state index in [9.17, 15) is 18.0 Å². The van der Waals surface area contributed by atoms with Crippen LogP contribution in [0.1, 0.15) is 73.6 Å². The van der Waals surface area contributed by atoms with E-state index < -0.39 is 23.8 Å². The van der Waals surface area contributed by atoms with Crippen molar-refractivity contribution >= 4 is 5.97 Å². The number of aryl methyl sites for hydroxylation is 1. The van der Waals surface area contributed by atoms with E-state index in [4.69, 9.17) is 9.84 Å². The number of benzene rings is 2. The predicted octanol–water partition coefficient (Wildman–Crippen LogP) is 6.28. The van der Waals surface area contributed by atoms with Gasteiger partial charge in [0.05, 0.1) is 0 Å². The van der Waals surface area contributed by atoms with Crippen molar-refractivity contribution in [1.82, 2.24) is 14.8 Å². The molecule has 3 aromatic rings. The Morgan fingerprint density at radius 2 is 1.45 bits per heavy atom. The molecule has 198 valence electrons. The number of rotatable bonds is 4. The molecule has 4 bridgehead atoms. The smallest absolute Gasteiger partial charge is 0.427 e. The predicted molar refractivity (Wildman–Crippen MR) is 133 cm³/mol. The van der Waals surface area contributed by atoms with Crippen LogP contribution < -0.4 is 0 Å². The molecule has 5 aliphatic rings. The highest BCUT2D eigenvalue weighted by atomic mass is 19.4. The summed E-state index contributed by atoms with van der Waals surface area (Å²) in [5, 5.41) is 9.32. The first kappa shape index (κ1) is 23.9. The average molecular weight is 522 g/mol. The highest BCUT2D eigenvalue weighted by molar-refractivity contribution is 5.76. The number of fused-ring (bicyclic) bond motifs is 1. The molecule has 0 saturated heterocycles. The maximum Gasteiger partial charge on any atom is 0.491 e. The van der Waals surface area contributed by atoms with E-state index in [1.807, 2.05) is 41.0 Å².